The molecule has 2 aromatic rings. The van der Waals surface area contributed by atoms with Crippen LogP contribution >= 0.6 is 0 Å². The predicted octanol–water partition coefficient (Wildman–Crippen LogP) is 3.72. The Labute approximate surface area is 200 Å². The van der Waals surface area contributed by atoms with Crippen molar-refractivity contribution in [1.29, 1.82) is 0 Å². The largest absolute Gasteiger partial charge is 0.493 e. The van der Waals surface area contributed by atoms with Crippen LogP contribution in [0.5, 0.6) is 34.5 Å². The van der Waals surface area contributed by atoms with Crippen LogP contribution in [0.4, 0.5) is 0 Å². The highest BCUT2D eigenvalue weighted by molar-refractivity contribution is 5.82. The van der Waals surface area contributed by atoms with Gasteiger partial charge in [0.1, 0.15) is 11.8 Å². The van der Waals surface area contributed by atoms with Gasteiger partial charge < -0.3 is 32.9 Å². The van der Waals surface area contributed by atoms with Crippen molar-refractivity contribution in [2.45, 2.75) is 32.2 Å². The lowest BCUT2D eigenvalue weighted by atomic mass is 9.85. The van der Waals surface area contributed by atoms with Crippen molar-refractivity contribution in [3.8, 4) is 34.5 Å². The number of likely N-dealkylation sites (N-methyl/N-ethyl adjacent to an activating group) is 1. The fourth-order valence-electron chi connectivity index (χ4n) is 5.15. The number of benzene rings is 2. The Bertz CT molecular complexity index is 1060. The minimum atomic E-state index is -0.0484. The first-order valence-corrected chi connectivity index (χ1v) is 11.5. The molecule has 184 valence electrons. The van der Waals surface area contributed by atoms with Gasteiger partial charge in [-0.2, -0.15) is 0 Å². The molecule has 0 aromatic heterocycles. The first kappa shape index (κ1) is 24.0. The van der Waals surface area contributed by atoms with E-state index in [9.17, 15) is 4.79 Å². The molecule has 8 heteroatoms. The number of hydrogen-bond donors (Lipinski definition) is 0. The van der Waals surface area contributed by atoms with E-state index in [2.05, 4.69) is 20.0 Å². The van der Waals surface area contributed by atoms with Crippen molar-refractivity contribution in [2.75, 3.05) is 55.4 Å². The van der Waals surface area contributed by atoms with E-state index in [0.29, 0.717) is 40.9 Å². The molecule has 34 heavy (non-hydrogen) atoms. The second kappa shape index (κ2) is 9.62. The maximum Gasteiger partial charge on any atom is 0.231 e. The van der Waals surface area contributed by atoms with E-state index < -0.39 is 0 Å². The molecule has 0 bridgehead atoms. The van der Waals surface area contributed by atoms with Crippen LogP contribution in [-0.2, 0) is 17.6 Å². The normalized spacial score (nSPS) is 20.5. The molecule has 4 rings (SSSR count). The number of ether oxygens (including phenoxy) is 6. The van der Waals surface area contributed by atoms with Crippen LogP contribution in [0.25, 0.3) is 0 Å². The summed E-state index contributed by atoms with van der Waals surface area (Å²) in [5.74, 6) is 3.75. The maximum absolute atomic E-state index is 13.5. The number of hydrogen-bond acceptors (Lipinski definition) is 7. The molecule has 0 amide bonds. The van der Waals surface area contributed by atoms with Crippen molar-refractivity contribution in [3.63, 3.8) is 0 Å². The second-order valence-electron chi connectivity index (χ2n) is 8.95. The topological polar surface area (TPSA) is 72.5 Å². The van der Waals surface area contributed by atoms with Crippen molar-refractivity contribution in [2.24, 2.45) is 0 Å². The van der Waals surface area contributed by atoms with Crippen LogP contribution in [0.1, 0.15) is 36.1 Å². The lowest BCUT2D eigenvalue weighted by Crippen LogP contribution is -2.51. The highest BCUT2D eigenvalue weighted by Crippen LogP contribution is 2.51. The van der Waals surface area contributed by atoms with Gasteiger partial charge in [-0.15, -0.1) is 0 Å². The molecule has 8 nitrogen and oxygen atoms in total. The van der Waals surface area contributed by atoms with Gasteiger partial charge in [0.2, 0.25) is 18.3 Å². The zero-order chi connectivity index (χ0) is 24.5. The zero-order valence-corrected chi connectivity index (χ0v) is 20.9. The number of carbonyl (C=O) groups excluding carboxylic acids is 1. The number of Topliss-reactive ketones (excluding diaryl/α,β-unsaturated/α-hetero) is 1. The Morgan fingerprint density at radius 3 is 2.26 bits per heavy atom. The maximum atomic E-state index is 13.5. The van der Waals surface area contributed by atoms with E-state index in [-0.39, 0.29) is 25.0 Å². The first-order chi connectivity index (χ1) is 16.4. The van der Waals surface area contributed by atoms with Crippen LogP contribution in [0, 0.1) is 0 Å². The van der Waals surface area contributed by atoms with Crippen LogP contribution in [0.2, 0.25) is 0 Å². The molecule has 2 aliphatic heterocycles. The monoisotopic (exact) mass is 472 g/mol. The summed E-state index contributed by atoms with van der Waals surface area (Å²) in [7, 11) is 8.57. The van der Waals surface area contributed by atoms with E-state index >= 15 is 0 Å². The number of nitrogens with zero attached hydrogens (tertiary/aromatic N) is 1. The lowest BCUT2D eigenvalue weighted by Gasteiger charge is -2.45. The van der Waals surface area contributed by atoms with Crippen molar-refractivity contribution in [3.05, 3.63) is 34.9 Å². The summed E-state index contributed by atoms with van der Waals surface area (Å²) in [5, 5.41) is 0. The second-order valence-corrected chi connectivity index (χ2v) is 8.95. The highest BCUT2D eigenvalue weighted by Gasteiger charge is 2.43. The van der Waals surface area contributed by atoms with E-state index in [4.69, 9.17) is 28.4 Å². The van der Waals surface area contributed by atoms with E-state index in [0.717, 1.165) is 40.7 Å². The molecular weight excluding hydrogens is 438 g/mol. The summed E-state index contributed by atoms with van der Waals surface area (Å²) < 4.78 is 34.3. The SMILES string of the molecule is CC[N+]1(C)CCc2cc3c(c(OC)c2C1CC(=O)Cc1cc(OC)c(OC)c(OC)c1)OCO3. The van der Waals surface area contributed by atoms with Gasteiger partial charge in [0.25, 0.3) is 0 Å². The fourth-order valence-corrected chi connectivity index (χ4v) is 5.15. The standard InChI is InChI=1S/C26H34NO7/c1-7-27(2)9-8-17-13-22-25(34-15-33-22)26(32-6)23(17)19(27)14-18(28)10-16-11-20(29-3)24(31-5)21(12-16)30-4/h11-13,19H,7-10,14-15H2,1-6H3/q+1. The summed E-state index contributed by atoms with van der Waals surface area (Å²) in [6.07, 6.45) is 1.54. The summed E-state index contributed by atoms with van der Waals surface area (Å²) in [6, 6.07) is 5.67. The Kier molecular flexibility index (Phi) is 6.79. The van der Waals surface area contributed by atoms with Crippen LogP contribution in [0.15, 0.2) is 18.2 Å². The Morgan fingerprint density at radius 2 is 1.68 bits per heavy atom. The smallest absolute Gasteiger partial charge is 0.231 e. The van der Waals surface area contributed by atoms with Gasteiger partial charge in [-0.25, -0.2) is 0 Å². The molecule has 0 saturated heterocycles. The molecule has 2 aromatic carbocycles. The van der Waals surface area contributed by atoms with Crippen LogP contribution in [0.3, 0.4) is 0 Å². The number of carbonyl (C=O) groups is 1. The summed E-state index contributed by atoms with van der Waals surface area (Å²) in [4.78, 5) is 13.5. The number of fused-ring (bicyclic) bond motifs is 2. The minimum Gasteiger partial charge on any atom is -0.493 e. The molecule has 0 saturated carbocycles. The number of rotatable bonds is 9. The average molecular weight is 473 g/mol. The van der Waals surface area contributed by atoms with Gasteiger partial charge in [0.05, 0.1) is 60.6 Å². The molecular formula is C26H34NO7+. The van der Waals surface area contributed by atoms with Gasteiger partial charge >= 0.3 is 0 Å². The molecule has 2 heterocycles. The molecule has 0 N–H and O–H groups in total. The summed E-state index contributed by atoms with van der Waals surface area (Å²) >= 11 is 0. The molecule has 0 fully saturated rings. The third-order valence-electron chi connectivity index (χ3n) is 7.19. The predicted molar refractivity (Wildman–Crippen MR) is 127 cm³/mol. The molecule has 0 spiro atoms. The molecule has 2 atom stereocenters. The van der Waals surface area contributed by atoms with Crippen molar-refractivity contribution >= 4 is 5.78 Å². The quantitative estimate of drug-likeness (QED) is 0.515. The van der Waals surface area contributed by atoms with Crippen LogP contribution in [-0.4, -0.2) is 65.6 Å². The zero-order valence-electron chi connectivity index (χ0n) is 20.9. The molecule has 0 aliphatic carbocycles. The van der Waals surface area contributed by atoms with Gasteiger partial charge in [0, 0.05) is 12.8 Å². The Hall–Kier alpha value is -3.13. The highest BCUT2D eigenvalue weighted by atomic mass is 16.7. The van der Waals surface area contributed by atoms with Crippen molar-refractivity contribution < 1.29 is 37.7 Å². The number of methoxy groups -OCH3 is 4. The lowest BCUT2D eigenvalue weighted by molar-refractivity contribution is -0.939. The van der Waals surface area contributed by atoms with Gasteiger partial charge in [-0.05, 0) is 36.2 Å². The third-order valence-corrected chi connectivity index (χ3v) is 7.19. The van der Waals surface area contributed by atoms with E-state index in [1.165, 1.54) is 0 Å². The Morgan fingerprint density at radius 1 is 1.00 bits per heavy atom. The third kappa shape index (κ3) is 4.11. The summed E-state index contributed by atoms with van der Waals surface area (Å²) in [5.41, 5.74) is 3.04. The number of ketones is 1. The fraction of sp³-hybridized carbons (Fsp3) is 0.500. The van der Waals surface area contributed by atoms with Gasteiger partial charge in [-0.3, -0.25) is 4.79 Å². The molecule has 2 aliphatic rings. The van der Waals surface area contributed by atoms with E-state index in [1.54, 1.807) is 28.4 Å². The van der Waals surface area contributed by atoms with Gasteiger partial charge in [-0.1, -0.05) is 0 Å². The number of quaternary nitrogens is 1. The average Bonchev–Trinajstić information content (AvgIpc) is 3.32. The first-order valence-electron chi connectivity index (χ1n) is 11.5. The van der Waals surface area contributed by atoms with Gasteiger partial charge in [0.15, 0.2) is 23.0 Å². The van der Waals surface area contributed by atoms with Crippen LogP contribution < -0.4 is 28.4 Å². The Balaban J connectivity index is 1.68. The summed E-state index contributed by atoms with van der Waals surface area (Å²) in [6.45, 7) is 4.19. The van der Waals surface area contributed by atoms with E-state index in [1.807, 2.05) is 12.1 Å². The minimum absolute atomic E-state index is 0.0484. The van der Waals surface area contributed by atoms with Crippen molar-refractivity contribution in [1.82, 2.24) is 0 Å². The molecule has 0 radical (unpaired) electrons. The molecule has 2 unspecified atom stereocenters.